The van der Waals surface area contributed by atoms with Crippen LogP contribution in [0, 0.1) is 11.8 Å². The third-order valence-electron chi connectivity index (χ3n) is 4.64. The number of benzene rings is 1. The summed E-state index contributed by atoms with van der Waals surface area (Å²) in [6.45, 7) is 2.39. The van der Waals surface area contributed by atoms with Crippen molar-refractivity contribution in [3.63, 3.8) is 0 Å². The fourth-order valence-electron chi connectivity index (χ4n) is 3.15. The molecule has 1 nitrogen and oxygen atoms in total. The molecule has 0 heterocycles. The van der Waals surface area contributed by atoms with Crippen LogP contribution in [0.25, 0.3) is 6.08 Å². The predicted molar refractivity (Wildman–Crippen MR) is 81.9 cm³/mol. The molecule has 0 amide bonds. The van der Waals surface area contributed by atoms with Gasteiger partial charge in [0.2, 0.25) is 0 Å². The molecule has 2 aliphatic carbocycles. The van der Waals surface area contributed by atoms with Gasteiger partial charge in [-0.25, -0.2) is 0 Å². The van der Waals surface area contributed by atoms with E-state index in [-0.39, 0.29) is 0 Å². The van der Waals surface area contributed by atoms with Crippen molar-refractivity contribution in [1.29, 1.82) is 0 Å². The van der Waals surface area contributed by atoms with E-state index >= 15 is 0 Å². The van der Waals surface area contributed by atoms with Crippen molar-refractivity contribution in [2.45, 2.75) is 51.1 Å². The second-order valence-electron chi connectivity index (χ2n) is 6.40. The maximum absolute atomic E-state index is 3.85. The van der Waals surface area contributed by atoms with Crippen LogP contribution in [0.4, 0.5) is 0 Å². The third kappa shape index (κ3) is 3.70. The average Bonchev–Trinajstić information content (AvgIpc) is 3.19. The lowest BCUT2D eigenvalue weighted by Crippen LogP contribution is -2.34. The van der Waals surface area contributed by atoms with Crippen LogP contribution in [-0.4, -0.2) is 12.1 Å². The van der Waals surface area contributed by atoms with E-state index in [4.69, 9.17) is 0 Å². The molecule has 0 aliphatic heterocycles. The molecule has 2 fully saturated rings. The Labute approximate surface area is 117 Å². The highest BCUT2D eigenvalue weighted by atomic mass is 15.0. The number of hydrogen-bond acceptors (Lipinski definition) is 1. The Morgan fingerprint density at radius 1 is 1.05 bits per heavy atom. The lowest BCUT2D eigenvalue weighted by atomic mass is 9.87. The zero-order valence-corrected chi connectivity index (χ0v) is 11.9. The van der Waals surface area contributed by atoms with Crippen molar-refractivity contribution in [2.24, 2.45) is 11.8 Å². The predicted octanol–water partition coefficient (Wildman–Crippen LogP) is 4.26. The first-order valence-electron chi connectivity index (χ1n) is 7.80. The Bertz CT molecular complexity index is 415. The van der Waals surface area contributed by atoms with Gasteiger partial charge >= 0.3 is 0 Å². The Morgan fingerprint density at radius 3 is 2.53 bits per heavy atom. The second-order valence-corrected chi connectivity index (χ2v) is 6.40. The molecule has 3 rings (SSSR count). The minimum absolute atomic E-state index is 0.748. The summed E-state index contributed by atoms with van der Waals surface area (Å²) in [5.41, 5.74) is 1.32. The van der Waals surface area contributed by atoms with Gasteiger partial charge in [-0.2, -0.15) is 0 Å². The summed E-state index contributed by atoms with van der Waals surface area (Å²) in [6.07, 6.45) is 11.6. The molecule has 2 aliphatic rings. The van der Waals surface area contributed by atoms with E-state index in [0.717, 1.165) is 23.9 Å². The van der Waals surface area contributed by atoms with Gasteiger partial charge in [-0.1, -0.05) is 49.4 Å². The Balaban J connectivity index is 1.43. The summed E-state index contributed by atoms with van der Waals surface area (Å²) in [7, 11) is 0. The van der Waals surface area contributed by atoms with Crippen LogP contribution >= 0.6 is 0 Å². The highest BCUT2D eigenvalue weighted by molar-refractivity contribution is 5.49. The van der Waals surface area contributed by atoms with Crippen LogP contribution in [0.3, 0.4) is 0 Å². The van der Waals surface area contributed by atoms with Gasteiger partial charge in [0.25, 0.3) is 0 Å². The van der Waals surface area contributed by atoms with Gasteiger partial charge in [-0.3, -0.25) is 0 Å². The number of hydrogen-bond donors (Lipinski definition) is 1. The number of rotatable bonds is 4. The maximum atomic E-state index is 3.85. The van der Waals surface area contributed by atoms with Crippen LogP contribution in [-0.2, 0) is 0 Å². The van der Waals surface area contributed by atoms with Crippen LogP contribution < -0.4 is 5.32 Å². The molecule has 19 heavy (non-hydrogen) atoms. The Kier molecular flexibility index (Phi) is 4.03. The summed E-state index contributed by atoms with van der Waals surface area (Å²) in [5, 5.41) is 3.85. The topological polar surface area (TPSA) is 12.0 Å². The van der Waals surface area contributed by atoms with E-state index < -0.39 is 0 Å². The minimum Gasteiger partial charge on any atom is -0.311 e. The third-order valence-corrected chi connectivity index (χ3v) is 4.64. The molecule has 1 heteroatoms. The van der Waals surface area contributed by atoms with Gasteiger partial charge in [0.15, 0.2) is 0 Å². The van der Waals surface area contributed by atoms with E-state index in [1.807, 2.05) is 0 Å². The summed E-state index contributed by atoms with van der Waals surface area (Å²) in [5.74, 6) is 1.71. The molecular weight excluding hydrogens is 230 g/mol. The quantitative estimate of drug-likeness (QED) is 0.848. The van der Waals surface area contributed by atoms with Crippen molar-refractivity contribution < 1.29 is 0 Å². The fraction of sp³-hybridized carbons (Fsp3) is 0.556. The van der Waals surface area contributed by atoms with E-state index in [9.17, 15) is 0 Å². The van der Waals surface area contributed by atoms with Gasteiger partial charge in [0.1, 0.15) is 0 Å². The molecular formula is C18H25N. The molecule has 2 atom stereocenters. The summed E-state index contributed by atoms with van der Waals surface area (Å²) < 4.78 is 0. The standard InChI is InChI=1S/C18H25N/c1-14-7-11-17(12-8-14)19-18-13-16(18)10-9-15-5-3-2-4-6-15/h2-6,9-10,14,16-19H,7-8,11-13H2,1H3/b10-9+. The monoisotopic (exact) mass is 255 g/mol. The molecule has 0 radical (unpaired) electrons. The van der Waals surface area contributed by atoms with Gasteiger partial charge in [-0.15, -0.1) is 0 Å². The highest BCUT2D eigenvalue weighted by Crippen LogP contribution is 2.34. The summed E-state index contributed by atoms with van der Waals surface area (Å²) in [6, 6.07) is 12.2. The molecule has 0 aromatic heterocycles. The average molecular weight is 255 g/mol. The maximum Gasteiger partial charge on any atom is 0.0139 e. The van der Waals surface area contributed by atoms with E-state index in [1.165, 1.54) is 37.7 Å². The zero-order valence-electron chi connectivity index (χ0n) is 11.9. The molecule has 1 aromatic rings. The largest absolute Gasteiger partial charge is 0.311 e. The summed E-state index contributed by atoms with van der Waals surface area (Å²) in [4.78, 5) is 0. The highest BCUT2D eigenvalue weighted by Gasteiger charge is 2.36. The molecule has 0 saturated heterocycles. The fourth-order valence-corrected chi connectivity index (χ4v) is 3.15. The van der Waals surface area contributed by atoms with Crippen LogP contribution in [0.5, 0.6) is 0 Å². The van der Waals surface area contributed by atoms with E-state index in [1.54, 1.807) is 0 Å². The van der Waals surface area contributed by atoms with Crippen LogP contribution in [0.1, 0.15) is 44.6 Å². The SMILES string of the molecule is CC1CCC(NC2CC2/C=C/c2ccccc2)CC1. The minimum atomic E-state index is 0.748. The lowest BCUT2D eigenvalue weighted by Gasteiger charge is -2.27. The molecule has 1 aromatic carbocycles. The Morgan fingerprint density at radius 2 is 1.79 bits per heavy atom. The van der Waals surface area contributed by atoms with Gasteiger partial charge in [0, 0.05) is 12.1 Å². The lowest BCUT2D eigenvalue weighted by molar-refractivity contribution is 0.304. The van der Waals surface area contributed by atoms with Gasteiger partial charge < -0.3 is 5.32 Å². The number of nitrogens with one attached hydrogen (secondary N) is 1. The van der Waals surface area contributed by atoms with Crippen LogP contribution in [0.2, 0.25) is 0 Å². The molecule has 1 N–H and O–H groups in total. The van der Waals surface area contributed by atoms with Crippen molar-refractivity contribution in [3.05, 3.63) is 42.0 Å². The van der Waals surface area contributed by atoms with Crippen molar-refractivity contribution in [3.8, 4) is 0 Å². The normalized spacial score (nSPS) is 34.6. The molecule has 0 spiro atoms. The smallest absolute Gasteiger partial charge is 0.0139 e. The van der Waals surface area contributed by atoms with Crippen molar-refractivity contribution >= 4 is 6.08 Å². The van der Waals surface area contributed by atoms with Crippen LogP contribution in [0.15, 0.2) is 36.4 Å². The van der Waals surface area contributed by atoms with E-state index in [2.05, 4.69) is 54.7 Å². The van der Waals surface area contributed by atoms with Gasteiger partial charge in [-0.05, 0) is 49.5 Å². The van der Waals surface area contributed by atoms with Crippen molar-refractivity contribution in [1.82, 2.24) is 5.32 Å². The first-order chi connectivity index (χ1) is 9.31. The van der Waals surface area contributed by atoms with Crippen molar-refractivity contribution in [2.75, 3.05) is 0 Å². The summed E-state index contributed by atoms with van der Waals surface area (Å²) >= 11 is 0. The first kappa shape index (κ1) is 12.9. The molecule has 2 unspecified atom stereocenters. The first-order valence-corrected chi connectivity index (χ1v) is 7.80. The zero-order chi connectivity index (χ0) is 13.1. The molecule has 102 valence electrons. The molecule has 2 saturated carbocycles. The molecule has 0 bridgehead atoms. The van der Waals surface area contributed by atoms with E-state index in [0.29, 0.717) is 0 Å². The second kappa shape index (κ2) is 5.92. The van der Waals surface area contributed by atoms with Gasteiger partial charge in [0.05, 0.1) is 0 Å². The Hall–Kier alpha value is -1.08.